The Morgan fingerprint density at radius 1 is 1.28 bits per heavy atom. The Morgan fingerprint density at radius 3 is 2.60 bits per heavy atom. The van der Waals surface area contributed by atoms with Crippen LogP contribution in [0.1, 0.15) is 56.4 Å². The number of H-pyrrole nitrogens is 1. The van der Waals surface area contributed by atoms with E-state index in [0.717, 1.165) is 35.3 Å². The molecule has 0 bridgehead atoms. The quantitative estimate of drug-likeness (QED) is 0.701. The van der Waals surface area contributed by atoms with E-state index in [0.29, 0.717) is 24.8 Å². The molecule has 5 heteroatoms. The molecule has 0 unspecified atom stereocenters. The summed E-state index contributed by atoms with van der Waals surface area (Å²) in [5.74, 6) is -1.15. The SMILES string of the molecule is CCCc1c(C)c[nH]c1CC1=C(CCC(=O)OC)C(C)=C(C(=O)O)C1. The highest BCUT2D eigenvalue weighted by molar-refractivity contribution is 5.90. The number of carbonyl (C=O) groups excluding carboxylic acids is 1. The molecular weight excluding hydrogens is 318 g/mol. The molecule has 136 valence electrons. The molecule has 25 heavy (non-hydrogen) atoms. The van der Waals surface area contributed by atoms with E-state index >= 15 is 0 Å². The molecule has 0 atom stereocenters. The van der Waals surface area contributed by atoms with Crippen LogP contribution in [0.2, 0.25) is 0 Å². The molecule has 1 heterocycles. The number of carboxylic acid groups (broad SMARTS) is 1. The van der Waals surface area contributed by atoms with Crippen molar-refractivity contribution in [3.05, 3.63) is 45.3 Å². The van der Waals surface area contributed by atoms with Crippen molar-refractivity contribution in [2.75, 3.05) is 7.11 Å². The van der Waals surface area contributed by atoms with Crippen molar-refractivity contribution in [3.8, 4) is 0 Å². The van der Waals surface area contributed by atoms with Gasteiger partial charge in [0.1, 0.15) is 0 Å². The van der Waals surface area contributed by atoms with Crippen LogP contribution in [-0.2, 0) is 27.2 Å². The van der Waals surface area contributed by atoms with Crippen molar-refractivity contribution in [2.24, 2.45) is 0 Å². The number of rotatable bonds is 8. The third kappa shape index (κ3) is 4.21. The Kier molecular flexibility index (Phi) is 6.23. The number of esters is 1. The molecule has 0 aromatic carbocycles. The smallest absolute Gasteiger partial charge is 0.332 e. The van der Waals surface area contributed by atoms with E-state index in [9.17, 15) is 14.7 Å². The van der Waals surface area contributed by atoms with Gasteiger partial charge in [-0.3, -0.25) is 4.79 Å². The minimum absolute atomic E-state index is 0.269. The van der Waals surface area contributed by atoms with Crippen LogP contribution in [0, 0.1) is 6.92 Å². The molecule has 1 aromatic heterocycles. The number of ether oxygens (including phenoxy) is 1. The Bertz CT molecular complexity index is 737. The first-order valence-corrected chi connectivity index (χ1v) is 8.75. The summed E-state index contributed by atoms with van der Waals surface area (Å²) in [6, 6.07) is 0. The van der Waals surface area contributed by atoms with Gasteiger partial charge in [0, 0.05) is 36.7 Å². The number of allylic oxidation sites excluding steroid dienone is 3. The van der Waals surface area contributed by atoms with E-state index < -0.39 is 5.97 Å². The lowest BCUT2D eigenvalue weighted by Gasteiger charge is -2.10. The van der Waals surface area contributed by atoms with E-state index in [-0.39, 0.29) is 12.4 Å². The van der Waals surface area contributed by atoms with E-state index in [4.69, 9.17) is 4.74 Å². The molecule has 1 aliphatic carbocycles. The number of carboxylic acids is 1. The van der Waals surface area contributed by atoms with Crippen molar-refractivity contribution < 1.29 is 19.4 Å². The first-order valence-electron chi connectivity index (χ1n) is 8.75. The zero-order valence-electron chi connectivity index (χ0n) is 15.5. The molecule has 0 aliphatic heterocycles. The average Bonchev–Trinajstić information content (AvgIpc) is 3.07. The lowest BCUT2D eigenvalue weighted by atomic mass is 9.96. The van der Waals surface area contributed by atoms with Crippen LogP contribution in [0.15, 0.2) is 28.5 Å². The maximum atomic E-state index is 11.5. The van der Waals surface area contributed by atoms with Crippen LogP contribution in [0.3, 0.4) is 0 Å². The second-order valence-corrected chi connectivity index (χ2v) is 6.60. The standard InChI is InChI=1S/C20H27NO4/c1-5-6-15-12(2)11-21-18(15)10-14-9-17(20(23)24)13(3)16(14)7-8-19(22)25-4/h11,21H,5-10H2,1-4H3,(H,23,24). The van der Waals surface area contributed by atoms with E-state index in [2.05, 4.69) is 18.8 Å². The maximum absolute atomic E-state index is 11.5. The number of methoxy groups -OCH3 is 1. The fourth-order valence-corrected chi connectivity index (χ4v) is 3.58. The van der Waals surface area contributed by atoms with Crippen LogP contribution in [0.4, 0.5) is 0 Å². The van der Waals surface area contributed by atoms with Crippen molar-refractivity contribution in [1.29, 1.82) is 0 Å². The third-order valence-corrected chi connectivity index (χ3v) is 4.98. The van der Waals surface area contributed by atoms with Crippen LogP contribution in [-0.4, -0.2) is 29.1 Å². The predicted octanol–water partition coefficient (Wildman–Crippen LogP) is 3.87. The van der Waals surface area contributed by atoms with Gasteiger partial charge < -0.3 is 14.8 Å². The van der Waals surface area contributed by atoms with E-state index in [1.54, 1.807) is 0 Å². The van der Waals surface area contributed by atoms with Crippen LogP contribution >= 0.6 is 0 Å². The molecule has 1 aliphatic rings. The molecule has 5 nitrogen and oxygen atoms in total. The van der Waals surface area contributed by atoms with Gasteiger partial charge in [-0.2, -0.15) is 0 Å². The number of hydrogen-bond acceptors (Lipinski definition) is 3. The predicted molar refractivity (Wildman–Crippen MR) is 96.5 cm³/mol. The van der Waals surface area contributed by atoms with E-state index in [1.807, 2.05) is 13.1 Å². The highest BCUT2D eigenvalue weighted by Crippen LogP contribution is 2.37. The van der Waals surface area contributed by atoms with Gasteiger partial charge in [-0.15, -0.1) is 0 Å². The maximum Gasteiger partial charge on any atom is 0.332 e. The summed E-state index contributed by atoms with van der Waals surface area (Å²) in [5, 5.41) is 9.47. The summed E-state index contributed by atoms with van der Waals surface area (Å²) < 4.78 is 4.73. The molecule has 2 N–H and O–H groups in total. The van der Waals surface area contributed by atoms with Crippen LogP contribution in [0.5, 0.6) is 0 Å². The molecule has 0 radical (unpaired) electrons. The van der Waals surface area contributed by atoms with Crippen molar-refractivity contribution in [3.63, 3.8) is 0 Å². The zero-order valence-corrected chi connectivity index (χ0v) is 15.5. The normalized spacial score (nSPS) is 14.4. The van der Waals surface area contributed by atoms with Gasteiger partial charge in [-0.1, -0.05) is 18.9 Å². The second kappa shape index (κ2) is 8.19. The van der Waals surface area contributed by atoms with E-state index in [1.165, 1.54) is 18.2 Å². The summed E-state index contributed by atoms with van der Waals surface area (Å²) >= 11 is 0. The van der Waals surface area contributed by atoms with Crippen molar-refractivity contribution in [2.45, 2.75) is 59.3 Å². The molecule has 0 saturated heterocycles. The van der Waals surface area contributed by atoms with Crippen molar-refractivity contribution >= 4 is 11.9 Å². The molecule has 0 saturated carbocycles. The fraction of sp³-hybridized carbons (Fsp3) is 0.500. The summed E-state index contributed by atoms with van der Waals surface area (Å²) in [5.41, 5.74) is 7.06. The minimum Gasteiger partial charge on any atom is -0.478 e. The monoisotopic (exact) mass is 345 g/mol. The molecule has 2 rings (SSSR count). The van der Waals surface area contributed by atoms with Crippen LogP contribution < -0.4 is 0 Å². The number of aryl methyl sites for hydroxylation is 1. The first-order chi connectivity index (χ1) is 11.9. The number of nitrogens with one attached hydrogen (secondary N) is 1. The Labute approximate surface area is 148 Å². The summed E-state index contributed by atoms with van der Waals surface area (Å²) in [4.78, 5) is 26.4. The molecular formula is C20H27NO4. The van der Waals surface area contributed by atoms with Gasteiger partial charge in [0.25, 0.3) is 0 Å². The zero-order chi connectivity index (χ0) is 18.6. The van der Waals surface area contributed by atoms with Gasteiger partial charge in [0.05, 0.1) is 7.11 Å². The molecule has 1 aromatic rings. The topological polar surface area (TPSA) is 79.4 Å². The molecule has 0 fully saturated rings. The molecule has 0 amide bonds. The number of hydrogen-bond donors (Lipinski definition) is 2. The Hall–Kier alpha value is -2.30. The van der Waals surface area contributed by atoms with Gasteiger partial charge in [0.15, 0.2) is 0 Å². The third-order valence-electron chi connectivity index (χ3n) is 4.98. The Morgan fingerprint density at radius 2 is 2.00 bits per heavy atom. The van der Waals surface area contributed by atoms with Gasteiger partial charge in [-0.05, 0) is 49.0 Å². The van der Waals surface area contributed by atoms with Gasteiger partial charge in [-0.25, -0.2) is 4.79 Å². The summed E-state index contributed by atoms with van der Waals surface area (Å²) in [6.45, 7) is 6.09. The van der Waals surface area contributed by atoms with Crippen LogP contribution in [0.25, 0.3) is 0 Å². The fourth-order valence-electron chi connectivity index (χ4n) is 3.58. The lowest BCUT2D eigenvalue weighted by Crippen LogP contribution is -2.02. The molecule has 0 spiro atoms. The second-order valence-electron chi connectivity index (χ2n) is 6.60. The van der Waals surface area contributed by atoms with Crippen molar-refractivity contribution in [1.82, 2.24) is 4.98 Å². The number of aliphatic carboxylic acids is 1. The Balaban J connectivity index is 2.30. The largest absolute Gasteiger partial charge is 0.478 e. The highest BCUT2D eigenvalue weighted by atomic mass is 16.5. The van der Waals surface area contributed by atoms with Gasteiger partial charge in [0.2, 0.25) is 0 Å². The average molecular weight is 345 g/mol. The van der Waals surface area contributed by atoms with Gasteiger partial charge >= 0.3 is 11.9 Å². The number of carbonyl (C=O) groups is 2. The summed E-state index contributed by atoms with van der Waals surface area (Å²) in [7, 11) is 1.37. The highest BCUT2D eigenvalue weighted by Gasteiger charge is 2.27. The summed E-state index contributed by atoms with van der Waals surface area (Å²) in [6.07, 6.45) is 6.03. The first kappa shape index (κ1) is 19.0. The number of aromatic amines is 1. The lowest BCUT2D eigenvalue weighted by molar-refractivity contribution is -0.140. The number of aromatic nitrogens is 1. The minimum atomic E-state index is -0.875.